The Morgan fingerprint density at radius 1 is 1.21 bits per heavy atom. The van der Waals surface area contributed by atoms with Crippen molar-refractivity contribution < 1.29 is 17.9 Å². The van der Waals surface area contributed by atoms with Crippen LogP contribution in [0.3, 0.4) is 0 Å². The number of carbonyl (C=O) groups excluding carboxylic acids is 1. The maximum atomic E-state index is 12.2. The van der Waals surface area contributed by atoms with Crippen LogP contribution in [0.2, 0.25) is 5.02 Å². The number of amides is 1. The molecule has 0 bridgehead atoms. The highest BCUT2D eigenvalue weighted by atomic mass is 79.9. The van der Waals surface area contributed by atoms with Gasteiger partial charge in [0, 0.05) is 11.0 Å². The van der Waals surface area contributed by atoms with Gasteiger partial charge >= 0.3 is 0 Å². The zero-order chi connectivity index (χ0) is 21.4. The van der Waals surface area contributed by atoms with Crippen LogP contribution in [-0.2, 0) is 14.8 Å². The van der Waals surface area contributed by atoms with Gasteiger partial charge in [0.05, 0.1) is 16.0 Å². The average Bonchev–Trinajstić information content (AvgIpc) is 2.67. The third-order valence-electron chi connectivity index (χ3n) is 4.14. The summed E-state index contributed by atoms with van der Waals surface area (Å²) in [7, 11) is -3.63. The SMILES string of the molecule is CCCCNS(=O)(=O)c1ccc(OCC(=O)N[C@H](C)c2ccc(Br)cc2)c(Cl)c1. The first-order valence-electron chi connectivity index (χ1n) is 9.19. The van der Waals surface area contributed by atoms with Crippen LogP contribution in [0, 0.1) is 0 Å². The second kappa shape index (κ2) is 11.0. The fourth-order valence-electron chi connectivity index (χ4n) is 2.49. The van der Waals surface area contributed by atoms with Crippen LogP contribution in [0.5, 0.6) is 5.75 Å². The minimum atomic E-state index is -3.63. The van der Waals surface area contributed by atoms with Gasteiger partial charge in [-0.2, -0.15) is 0 Å². The maximum Gasteiger partial charge on any atom is 0.258 e. The van der Waals surface area contributed by atoms with Gasteiger partial charge in [-0.05, 0) is 49.2 Å². The lowest BCUT2D eigenvalue weighted by atomic mass is 10.1. The lowest BCUT2D eigenvalue weighted by Crippen LogP contribution is -2.31. The summed E-state index contributed by atoms with van der Waals surface area (Å²) in [6, 6.07) is 11.6. The van der Waals surface area contributed by atoms with E-state index in [1.165, 1.54) is 18.2 Å². The molecule has 0 aliphatic rings. The van der Waals surface area contributed by atoms with E-state index in [1.807, 2.05) is 38.1 Å². The zero-order valence-electron chi connectivity index (χ0n) is 16.2. The van der Waals surface area contributed by atoms with Crippen LogP contribution in [0.25, 0.3) is 0 Å². The Kier molecular flexibility index (Phi) is 8.95. The van der Waals surface area contributed by atoms with Crippen molar-refractivity contribution in [1.29, 1.82) is 0 Å². The summed E-state index contributed by atoms with van der Waals surface area (Å²) < 4.78 is 33.4. The molecule has 0 saturated heterocycles. The number of hydrogen-bond acceptors (Lipinski definition) is 4. The Morgan fingerprint density at radius 2 is 1.90 bits per heavy atom. The number of unbranched alkanes of at least 4 members (excludes halogenated alkanes) is 1. The number of halogens is 2. The first-order valence-corrected chi connectivity index (χ1v) is 11.8. The Hall–Kier alpha value is -1.61. The van der Waals surface area contributed by atoms with Crippen LogP contribution in [0.1, 0.15) is 38.3 Å². The quantitative estimate of drug-likeness (QED) is 0.470. The molecule has 0 spiro atoms. The normalized spacial score (nSPS) is 12.4. The number of ether oxygens (including phenoxy) is 1. The molecule has 2 rings (SSSR count). The molecule has 0 heterocycles. The predicted octanol–water partition coefficient (Wildman–Crippen LogP) is 4.44. The van der Waals surface area contributed by atoms with E-state index < -0.39 is 10.0 Å². The molecule has 1 atom stereocenters. The maximum absolute atomic E-state index is 12.2. The number of benzene rings is 2. The first-order chi connectivity index (χ1) is 13.7. The van der Waals surface area contributed by atoms with E-state index in [0.29, 0.717) is 6.54 Å². The molecule has 0 aliphatic heterocycles. The molecule has 0 unspecified atom stereocenters. The topological polar surface area (TPSA) is 84.5 Å². The molecule has 0 radical (unpaired) electrons. The molecule has 0 aliphatic carbocycles. The number of carbonyl (C=O) groups is 1. The van der Waals surface area contributed by atoms with Crippen molar-refractivity contribution in [3.05, 3.63) is 57.5 Å². The summed E-state index contributed by atoms with van der Waals surface area (Å²) in [6.07, 6.45) is 1.64. The average molecular weight is 504 g/mol. The second-order valence-electron chi connectivity index (χ2n) is 6.47. The monoisotopic (exact) mass is 502 g/mol. The van der Waals surface area contributed by atoms with E-state index >= 15 is 0 Å². The predicted molar refractivity (Wildman–Crippen MR) is 118 cm³/mol. The van der Waals surface area contributed by atoms with Crippen molar-refractivity contribution in [3.8, 4) is 5.75 Å². The molecule has 2 aromatic carbocycles. The van der Waals surface area contributed by atoms with Crippen molar-refractivity contribution in [3.63, 3.8) is 0 Å². The van der Waals surface area contributed by atoms with Gasteiger partial charge in [-0.15, -0.1) is 0 Å². The molecule has 158 valence electrons. The van der Waals surface area contributed by atoms with E-state index in [-0.39, 0.29) is 34.2 Å². The molecule has 2 N–H and O–H groups in total. The van der Waals surface area contributed by atoms with Crippen molar-refractivity contribution in [1.82, 2.24) is 10.0 Å². The van der Waals surface area contributed by atoms with E-state index in [2.05, 4.69) is 26.0 Å². The number of hydrogen-bond donors (Lipinski definition) is 2. The molecule has 0 fully saturated rings. The molecule has 29 heavy (non-hydrogen) atoms. The first kappa shape index (κ1) is 23.7. The van der Waals surface area contributed by atoms with Crippen molar-refractivity contribution in [2.45, 2.75) is 37.6 Å². The molecule has 0 aromatic heterocycles. The van der Waals surface area contributed by atoms with Gasteiger partial charge in [0.25, 0.3) is 5.91 Å². The van der Waals surface area contributed by atoms with Gasteiger partial charge < -0.3 is 10.1 Å². The molecular weight excluding hydrogens is 480 g/mol. The Bertz CT molecular complexity index is 936. The zero-order valence-corrected chi connectivity index (χ0v) is 19.4. The van der Waals surface area contributed by atoms with Crippen LogP contribution < -0.4 is 14.8 Å². The molecule has 1 amide bonds. The van der Waals surface area contributed by atoms with Crippen molar-refractivity contribution in [2.24, 2.45) is 0 Å². The lowest BCUT2D eigenvalue weighted by molar-refractivity contribution is -0.123. The number of rotatable bonds is 10. The number of sulfonamides is 1. The van der Waals surface area contributed by atoms with Gasteiger partial charge in [0.2, 0.25) is 10.0 Å². The van der Waals surface area contributed by atoms with Gasteiger partial charge in [0.15, 0.2) is 6.61 Å². The largest absolute Gasteiger partial charge is 0.482 e. The fourth-order valence-corrected chi connectivity index (χ4v) is 4.16. The van der Waals surface area contributed by atoms with E-state index in [1.54, 1.807) is 0 Å². The number of nitrogens with one attached hydrogen (secondary N) is 2. The van der Waals surface area contributed by atoms with Crippen LogP contribution in [0.15, 0.2) is 51.8 Å². The summed E-state index contributed by atoms with van der Waals surface area (Å²) in [6.45, 7) is 3.99. The highest BCUT2D eigenvalue weighted by Gasteiger charge is 2.16. The Morgan fingerprint density at radius 3 is 2.52 bits per heavy atom. The van der Waals surface area contributed by atoms with Crippen molar-refractivity contribution in [2.75, 3.05) is 13.2 Å². The minimum Gasteiger partial charge on any atom is -0.482 e. The van der Waals surface area contributed by atoms with Gasteiger partial charge in [-0.3, -0.25) is 4.79 Å². The lowest BCUT2D eigenvalue weighted by Gasteiger charge is -2.15. The molecule has 9 heteroatoms. The summed E-state index contributed by atoms with van der Waals surface area (Å²) >= 11 is 9.52. The molecule has 2 aromatic rings. The van der Waals surface area contributed by atoms with Gasteiger partial charge in [-0.25, -0.2) is 13.1 Å². The van der Waals surface area contributed by atoms with Crippen LogP contribution in [0.4, 0.5) is 0 Å². The highest BCUT2D eigenvalue weighted by Crippen LogP contribution is 2.27. The summed E-state index contributed by atoms with van der Waals surface area (Å²) in [5, 5.41) is 2.96. The molecule has 6 nitrogen and oxygen atoms in total. The summed E-state index contributed by atoms with van der Waals surface area (Å²) in [5.74, 6) is -0.0694. The van der Waals surface area contributed by atoms with E-state index in [9.17, 15) is 13.2 Å². The Labute approximate surface area is 185 Å². The Balaban J connectivity index is 1.93. The standard InChI is InChI=1S/C20H24BrClN2O4S/c1-3-4-11-23-29(26,27)17-9-10-19(18(22)12-17)28-13-20(25)24-14(2)15-5-7-16(21)8-6-15/h5-10,12,14,23H,3-4,11,13H2,1-2H3,(H,24,25)/t14-/m1/s1. The summed E-state index contributed by atoms with van der Waals surface area (Å²) in [5.41, 5.74) is 0.963. The van der Waals surface area contributed by atoms with E-state index in [0.717, 1.165) is 22.9 Å². The second-order valence-corrected chi connectivity index (χ2v) is 9.56. The minimum absolute atomic E-state index is 0.0549. The molecular formula is C20H24BrClN2O4S. The van der Waals surface area contributed by atoms with Crippen LogP contribution in [-0.4, -0.2) is 27.5 Å². The summed E-state index contributed by atoms with van der Waals surface area (Å²) in [4.78, 5) is 12.2. The highest BCUT2D eigenvalue weighted by molar-refractivity contribution is 9.10. The smallest absolute Gasteiger partial charge is 0.258 e. The third kappa shape index (κ3) is 7.29. The molecule has 0 saturated carbocycles. The van der Waals surface area contributed by atoms with Crippen molar-refractivity contribution >= 4 is 43.5 Å². The van der Waals surface area contributed by atoms with Crippen LogP contribution >= 0.6 is 27.5 Å². The third-order valence-corrected chi connectivity index (χ3v) is 6.43. The van der Waals surface area contributed by atoms with Gasteiger partial charge in [0.1, 0.15) is 5.75 Å². The van der Waals surface area contributed by atoms with Gasteiger partial charge in [-0.1, -0.05) is 53.0 Å². The van der Waals surface area contributed by atoms with E-state index in [4.69, 9.17) is 16.3 Å². The fraction of sp³-hybridized carbons (Fsp3) is 0.350.